The van der Waals surface area contributed by atoms with Crippen molar-refractivity contribution >= 4 is 13.3 Å². The highest BCUT2D eigenvalue weighted by atomic mass is 31.1. The maximum absolute atomic E-state index is 10.8. The summed E-state index contributed by atoms with van der Waals surface area (Å²) in [7, 11) is -2.20. The molecule has 1 N–H and O–H groups in total. The number of rotatable bonds is 1. The molecule has 0 heterocycles. The van der Waals surface area contributed by atoms with Gasteiger partial charge in [-0.05, 0) is 42.5 Å². The first-order chi connectivity index (χ1) is 5.54. The fourth-order valence-electron chi connectivity index (χ4n) is 1.15. The quantitative estimate of drug-likeness (QED) is 0.676. The van der Waals surface area contributed by atoms with Crippen molar-refractivity contribution < 1.29 is 9.46 Å². The molecule has 0 spiro atoms. The lowest BCUT2D eigenvalue weighted by atomic mass is 10.1. The van der Waals surface area contributed by atoms with Gasteiger partial charge in [0, 0.05) is 5.56 Å². The molecule has 0 amide bonds. The van der Waals surface area contributed by atoms with Crippen LogP contribution in [0.4, 0.5) is 0 Å². The monoisotopic (exact) mass is 183 g/mol. The first-order valence-electron chi connectivity index (χ1n) is 3.77. The minimum absolute atomic E-state index is 0.549. The third-order valence-corrected chi connectivity index (χ3v) is 3.13. The standard InChI is InChI=1S/C9H11O2P/c1-6-4-5-9(12(10)11)8(3)7(6)2/h4-5H,1-3H3/p+1. The molecular formula is C9H12O2P+. The largest absolute Gasteiger partial charge is 0.546 e. The minimum atomic E-state index is -2.20. The maximum Gasteiger partial charge on any atom is 0.546 e. The van der Waals surface area contributed by atoms with Crippen molar-refractivity contribution in [3.63, 3.8) is 0 Å². The average Bonchev–Trinajstić information content (AvgIpc) is 2.00. The zero-order valence-electron chi connectivity index (χ0n) is 7.46. The first kappa shape index (κ1) is 9.37. The SMILES string of the molecule is Cc1ccc([P+](=O)O)c(C)c1C. The van der Waals surface area contributed by atoms with E-state index < -0.39 is 8.03 Å². The van der Waals surface area contributed by atoms with E-state index in [2.05, 4.69) is 0 Å². The van der Waals surface area contributed by atoms with Crippen LogP contribution in [0.3, 0.4) is 0 Å². The molecule has 12 heavy (non-hydrogen) atoms. The molecule has 1 rings (SSSR count). The van der Waals surface area contributed by atoms with Crippen molar-refractivity contribution in [2.24, 2.45) is 0 Å². The highest BCUT2D eigenvalue weighted by molar-refractivity contribution is 7.47. The van der Waals surface area contributed by atoms with E-state index in [4.69, 9.17) is 4.89 Å². The Morgan fingerprint density at radius 3 is 2.25 bits per heavy atom. The van der Waals surface area contributed by atoms with Gasteiger partial charge >= 0.3 is 8.03 Å². The van der Waals surface area contributed by atoms with Crippen molar-refractivity contribution in [1.82, 2.24) is 0 Å². The molecule has 1 unspecified atom stereocenters. The topological polar surface area (TPSA) is 37.3 Å². The summed E-state index contributed by atoms with van der Waals surface area (Å²) in [6.45, 7) is 5.84. The van der Waals surface area contributed by atoms with Crippen molar-refractivity contribution in [1.29, 1.82) is 0 Å². The average molecular weight is 183 g/mol. The molecule has 1 aromatic rings. The van der Waals surface area contributed by atoms with Crippen LogP contribution in [0, 0.1) is 20.8 Å². The van der Waals surface area contributed by atoms with Crippen molar-refractivity contribution in [2.75, 3.05) is 0 Å². The summed E-state index contributed by atoms with van der Waals surface area (Å²) >= 11 is 0. The molecule has 1 aromatic carbocycles. The lowest BCUT2D eigenvalue weighted by Crippen LogP contribution is -2.04. The highest BCUT2D eigenvalue weighted by Gasteiger charge is 2.20. The van der Waals surface area contributed by atoms with Crippen LogP contribution in [0.15, 0.2) is 12.1 Å². The normalized spacial score (nSPS) is 11.5. The maximum atomic E-state index is 10.8. The Balaban J connectivity index is 3.36. The zero-order chi connectivity index (χ0) is 9.30. The van der Waals surface area contributed by atoms with Gasteiger partial charge in [0.15, 0.2) is 0 Å². The molecule has 0 saturated carbocycles. The summed E-state index contributed by atoms with van der Waals surface area (Å²) in [6, 6.07) is 3.59. The number of aryl methyl sites for hydroxylation is 1. The fourth-order valence-corrected chi connectivity index (χ4v) is 1.81. The lowest BCUT2D eigenvalue weighted by molar-refractivity contribution is 0.513. The van der Waals surface area contributed by atoms with Crippen LogP contribution in [-0.2, 0) is 4.57 Å². The van der Waals surface area contributed by atoms with Gasteiger partial charge in [-0.1, -0.05) is 6.07 Å². The van der Waals surface area contributed by atoms with Gasteiger partial charge in [0.05, 0.1) is 0 Å². The Morgan fingerprint density at radius 1 is 1.17 bits per heavy atom. The molecule has 0 saturated heterocycles. The summed E-state index contributed by atoms with van der Waals surface area (Å²) in [5.74, 6) is 0. The molecule has 0 aromatic heterocycles. The molecule has 0 bridgehead atoms. The van der Waals surface area contributed by atoms with Crippen LogP contribution >= 0.6 is 8.03 Å². The summed E-state index contributed by atoms with van der Waals surface area (Å²) in [6.07, 6.45) is 0. The summed E-state index contributed by atoms with van der Waals surface area (Å²) in [5, 5.41) is 0.549. The summed E-state index contributed by atoms with van der Waals surface area (Å²) in [4.78, 5) is 8.93. The van der Waals surface area contributed by atoms with E-state index in [9.17, 15) is 4.57 Å². The molecule has 2 nitrogen and oxygen atoms in total. The smallest absolute Gasteiger partial charge is 0.156 e. The summed E-state index contributed by atoms with van der Waals surface area (Å²) in [5.41, 5.74) is 3.19. The molecule has 64 valence electrons. The van der Waals surface area contributed by atoms with Crippen molar-refractivity contribution in [3.05, 3.63) is 28.8 Å². The molecule has 0 aliphatic carbocycles. The van der Waals surface area contributed by atoms with Gasteiger partial charge in [0.1, 0.15) is 0 Å². The summed E-state index contributed by atoms with van der Waals surface area (Å²) < 4.78 is 10.8. The highest BCUT2D eigenvalue weighted by Crippen LogP contribution is 2.19. The van der Waals surface area contributed by atoms with Crippen LogP contribution in [0.2, 0.25) is 0 Å². The second-order valence-corrected chi connectivity index (χ2v) is 3.95. The van der Waals surface area contributed by atoms with E-state index in [1.54, 1.807) is 6.07 Å². The predicted molar refractivity (Wildman–Crippen MR) is 50.1 cm³/mol. The minimum Gasteiger partial charge on any atom is -0.156 e. The van der Waals surface area contributed by atoms with Crippen LogP contribution in [0.5, 0.6) is 0 Å². The number of benzene rings is 1. The third-order valence-electron chi connectivity index (χ3n) is 2.24. The van der Waals surface area contributed by atoms with Gasteiger partial charge in [-0.3, -0.25) is 0 Å². The Bertz CT molecular complexity index is 332. The molecule has 1 atom stereocenters. The van der Waals surface area contributed by atoms with Gasteiger partial charge < -0.3 is 0 Å². The van der Waals surface area contributed by atoms with Crippen LogP contribution < -0.4 is 5.30 Å². The predicted octanol–water partition coefficient (Wildman–Crippen LogP) is 1.97. The van der Waals surface area contributed by atoms with E-state index in [0.717, 1.165) is 16.7 Å². The van der Waals surface area contributed by atoms with Gasteiger partial charge in [0.2, 0.25) is 5.30 Å². The third kappa shape index (κ3) is 1.55. The molecule has 0 aliphatic heterocycles. The lowest BCUT2D eigenvalue weighted by Gasteiger charge is -2.01. The van der Waals surface area contributed by atoms with E-state index >= 15 is 0 Å². The van der Waals surface area contributed by atoms with Crippen LogP contribution in [-0.4, -0.2) is 4.89 Å². The second-order valence-electron chi connectivity index (χ2n) is 2.92. The van der Waals surface area contributed by atoms with Gasteiger partial charge in [-0.2, -0.15) is 4.89 Å². The van der Waals surface area contributed by atoms with E-state index in [-0.39, 0.29) is 0 Å². The Kier molecular flexibility index (Phi) is 2.61. The Morgan fingerprint density at radius 2 is 1.75 bits per heavy atom. The molecule has 0 aliphatic rings. The second kappa shape index (κ2) is 3.34. The molecule has 0 radical (unpaired) electrons. The van der Waals surface area contributed by atoms with E-state index in [0.29, 0.717) is 5.30 Å². The zero-order valence-corrected chi connectivity index (χ0v) is 8.35. The number of hydrogen-bond acceptors (Lipinski definition) is 1. The first-order valence-corrected chi connectivity index (χ1v) is 4.98. The van der Waals surface area contributed by atoms with E-state index in [1.165, 1.54) is 0 Å². The van der Waals surface area contributed by atoms with Gasteiger partial charge in [0.25, 0.3) is 0 Å². The van der Waals surface area contributed by atoms with Crippen molar-refractivity contribution in [3.8, 4) is 0 Å². The van der Waals surface area contributed by atoms with E-state index in [1.807, 2.05) is 26.8 Å². The van der Waals surface area contributed by atoms with Gasteiger partial charge in [-0.25, -0.2) is 0 Å². The fraction of sp³-hybridized carbons (Fsp3) is 0.333. The Labute approximate surface area is 73.1 Å². The molecule has 0 fully saturated rings. The van der Waals surface area contributed by atoms with Crippen LogP contribution in [0.1, 0.15) is 16.7 Å². The molecular weight excluding hydrogens is 171 g/mol. The Hall–Kier alpha value is -0.720. The molecule has 3 heteroatoms. The number of hydrogen-bond donors (Lipinski definition) is 1. The van der Waals surface area contributed by atoms with Crippen molar-refractivity contribution in [2.45, 2.75) is 20.8 Å². The van der Waals surface area contributed by atoms with Crippen LogP contribution in [0.25, 0.3) is 0 Å². The van der Waals surface area contributed by atoms with Gasteiger partial charge in [-0.15, -0.1) is 0 Å².